The highest BCUT2D eigenvalue weighted by Crippen LogP contribution is 2.36. The van der Waals surface area contributed by atoms with Gasteiger partial charge in [0.25, 0.3) is 0 Å². The van der Waals surface area contributed by atoms with E-state index in [1.54, 1.807) is 0 Å². The third-order valence-electron chi connectivity index (χ3n) is 10.9. The third kappa shape index (κ3) is 41.6. The van der Waals surface area contributed by atoms with Gasteiger partial charge in [0, 0.05) is 84.2 Å². The van der Waals surface area contributed by atoms with Crippen LogP contribution in [-0.4, -0.2) is 118 Å². The first-order valence-corrected chi connectivity index (χ1v) is 26.5. The van der Waals surface area contributed by atoms with E-state index in [-0.39, 0.29) is 56.6 Å². The average Bonchev–Trinajstić information content (AvgIpc) is 3.25. The van der Waals surface area contributed by atoms with Crippen molar-refractivity contribution in [2.45, 2.75) is 200 Å². The fourth-order valence-corrected chi connectivity index (χ4v) is 7.38. The molecule has 0 aliphatic rings. The van der Waals surface area contributed by atoms with E-state index in [2.05, 4.69) is 22.5 Å². The van der Waals surface area contributed by atoms with Crippen LogP contribution < -0.4 is 16.0 Å². The second-order valence-corrected chi connectivity index (χ2v) is 19.0. The molecule has 1 unspecified atom stereocenters. The summed E-state index contributed by atoms with van der Waals surface area (Å²) in [4.78, 5) is 68.7. The van der Waals surface area contributed by atoms with Crippen LogP contribution in [0.25, 0.3) is 0 Å². The maximum Gasteiger partial charge on any atom is 0.325 e. The monoisotopic (exact) mass is 933 g/mol. The molecule has 0 aliphatic carbocycles. The predicted octanol–water partition coefficient (Wildman–Crippen LogP) is 8.53. The van der Waals surface area contributed by atoms with E-state index in [9.17, 15) is 44.2 Å². The van der Waals surface area contributed by atoms with Gasteiger partial charge in [0.05, 0.1) is 6.61 Å². The second-order valence-electron chi connectivity index (χ2n) is 17.1. The number of allylic oxidation sites excluding steroid dienone is 1. The SMILES string of the molecule is C=C(CCC(=O)N(O)CCCCCNC(=O)CCCCCCCCCCCCCCCCCCOP(C)(=O)O)NCCCCCN(O)C(=O)CCC(=O)NCCCCCN(O)C(C)=O. The normalized spacial score (nSPS) is 12.0. The van der Waals surface area contributed by atoms with E-state index >= 15 is 0 Å². The van der Waals surface area contributed by atoms with Crippen LogP contribution in [-0.2, 0) is 33.1 Å². The average molecular weight is 933 g/mol. The van der Waals surface area contributed by atoms with Crippen LogP contribution in [0.5, 0.6) is 0 Å². The Labute approximate surface area is 385 Å². The van der Waals surface area contributed by atoms with Crippen molar-refractivity contribution in [3.63, 3.8) is 0 Å². The van der Waals surface area contributed by atoms with Crippen LogP contribution >= 0.6 is 7.60 Å². The van der Waals surface area contributed by atoms with Gasteiger partial charge in [0.1, 0.15) is 0 Å². The van der Waals surface area contributed by atoms with Crippen molar-refractivity contribution in [1.82, 2.24) is 31.1 Å². The Hall–Kier alpha value is -3.08. The Morgan fingerprint density at radius 2 is 0.812 bits per heavy atom. The van der Waals surface area contributed by atoms with Crippen LogP contribution in [0.4, 0.5) is 0 Å². The topological polar surface area (TPSA) is 238 Å². The van der Waals surface area contributed by atoms with Gasteiger partial charge >= 0.3 is 7.60 Å². The maximum atomic E-state index is 12.4. The van der Waals surface area contributed by atoms with Gasteiger partial charge in [-0.15, -0.1) is 0 Å². The quantitative estimate of drug-likeness (QED) is 0.0132. The summed E-state index contributed by atoms with van der Waals surface area (Å²) in [5, 5.41) is 40.4. The number of unbranched alkanes of at least 4 members (excludes halogenated alkanes) is 21. The lowest BCUT2D eigenvalue weighted by atomic mass is 10.0. The van der Waals surface area contributed by atoms with Crippen LogP contribution in [0.15, 0.2) is 12.3 Å². The first-order chi connectivity index (χ1) is 30.6. The molecule has 0 aromatic rings. The van der Waals surface area contributed by atoms with E-state index in [0.29, 0.717) is 80.6 Å². The fraction of sp³-hybridized carbons (Fsp3) is 0.848. The van der Waals surface area contributed by atoms with E-state index in [1.165, 1.54) is 84.2 Å². The van der Waals surface area contributed by atoms with Gasteiger partial charge in [-0.3, -0.25) is 44.2 Å². The number of hydrogen-bond donors (Lipinski definition) is 7. The molecular weight excluding hydrogens is 844 g/mol. The summed E-state index contributed by atoms with van der Waals surface area (Å²) in [6.45, 7) is 9.10. The van der Waals surface area contributed by atoms with Crippen LogP contribution in [0, 0.1) is 0 Å². The van der Waals surface area contributed by atoms with Gasteiger partial charge in [0.2, 0.25) is 29.5 Å². The van der Waals surface area contributed by atoms with E-state index in [4.69, 9.17) is 9.42 Å². The highest BCUT2D eigenvalue weighted by Gasteiger charge is 2.14. The van der Waals surface area contributed by atoms with Gasteiger partial charge in [-0.05, 0) is 77.0 Å². The van der Waals surface area contributed by atoms with Crippen molar-refractivity contribution >= 4 is 37.1 Å². The lowest BCUT2D eigenvalue weighted by Crippen LogP contribution is -2.31. The zero-order valence-electron chi connectivity index (χ0n) is 39.8. The van der Waals surface area contributed by atoms with E-state index in [1.807, 2.05) is 0 Å². The number of rotatable bonds is 45. The number of nitrogens with one attached hydrogen (secondary N) is 3. The Morgan fingerprint density at radius 1 is 0.469 bits per heavy atom. The van der Waals surface area contributed by atoms with Crippen molar-refractivity contribution in [2.75, 3.05) is 52.5 Å². The zero-order chi connectivity index (χ0) is 47.7. The first-order valence-electron chi connectivity index (χ1n) is 24.5. The lowest BCUT2D eigenvalue weighted by molar-refractivity contribution is -0.166. The van der Waals surface area contributed by atoms with Crippen LogP contribution in [0.2, 0.25) is 0 Å². The molecule has 1 atom stereocenters. The van der Waals surface area contributed by atoms with Crippen molar-refractivity contribution < 1.29 is 53.6 Å². The molecule has 0 saturated heterocycles. The number of amides is 5. The highest BCUT2D eigenvalue weighted by molar-refractivity contribution is 7.51. The maximum absolute atomic E-state index is 12.4. The highest BCUT2D eigenvalue weighted by atomic mass is 31.2. The first kappa shape index (κ1) is 60.9. The molecule has 5 amide bonds. The molecule has 0 radical (unpaired) electrons. The summed E-state index contributed by atoms with van der Waals surface area (Å²) < 4.78 is 16.0. The van der Waals surface area contributed by atoms with Crippen molar-refractivity contribution in [2.24, 2.45) is 0 Å². The minimum atomic E-state index is -3.32. The Kier molecular flexibility index (Phi) is 39.4. The molecule has 0 saturated carbocycles. The lowest BCUT2D eigenvalue weighted by Gasteiger charge is -2.16. The molecule has 7 N–H and O–H groups in total. The molecule has 0 aromatic heterocycles. The predicted molar refractivity (Wildman–Crippen MR) is 250 cm³/mol. The summed E-state index contributed by atoms with van der Waals surface area (Å²) in [6.07, 6.45) is 26.3. The Balaban J connectivity index is 3.61. The molecule has 64 heavy (non-hydrogen) atoms. The molecule has 374 valence electrons. The Bertz CT molecular complexity index is 1300. The van der Waals surface area contributed by atoms with Crippen LogP contribution in [0.3, 0.4) is 0 Å². The largest absolute Gasteiger partial charge is 0.389 e. The number of hydrogen-bond acceptors (Lipinski definition) is 11. The minimum Gasteiger partial charge on any atom is -0.389 e. The number of nitrogens with zero attached hydrogens (tertiary/aromatic N) is 3. The zero-order valence-corrected chi connectivity index (χ0v) is 40.7. The van der Waals surface area contributed by atoms with Gasteiger partial charge in [-0.2, -0.15) is 0 Å². The number of carbonyl (C=O) groups excluding carboxylic acids is 5. The fourth-order valence-electron chi connectivity index (χ4n) is 6.92. The molecule has 18 heteroatoms. The third-order valence-corrected chi connectivity index (χ3v) is 11.6. The molecule has 0 rings (SSSR count). The standard InChI is InChI=1S/C46H89N6O11P/c1-41(47-34-22-18-26-39-52(60)46(57)33-31-44(55)49-36-23-19-25-37-50(58)42(2)53)30-32-45(56)51(59)38-27-20-24-35-48-43(54)29-21-16-14-12-10-8-6-4-5-7-9-11-13-15-17-28-40-63-64(3,61)62/h47,58-60H,1,4-40H2,2-3H3,(H,48,54)(H,49,55)(H,61,62). The Morgan fingerprint density at radius 3 is 1.23 bits per heavy atom. The van der Waals surface area contributed by atoms with Gasteiger partial charge in [0.15, 0.2) is 0 Å². The summed E-state index contributed by atoms with van der Waals surface area (Å²) in [7, 11) is -3.32. The second kappa shape index (κ2) is 41.4. The van der Waals surface area contributed by atoms with Gasteiger partial charge in [-0.25, -0.2) is 15.2 Å². The van der Waals surface area contributed by atoms with Gasteiger partial charge < -0.3 is 25.4 Å². The van der Waals surface area contributed by atoms with E-state index < -0.39 is 19.4 Å². The van der Waals surface area contributed by atoms with Gasteiger partial charge in [-0.1, -0.05) is 96.5 Å². The van der Waals surface area contributed by atoms with E-state index in [0.717, 1.165) is 69.3 Å². The molecule has 0 spiro atoms. The molecule has 0 aromatic carbocycles. The molecule has 0 fully saturated rings. The van der Waals surface area contributed by atoms with Crippen molar-refractivity contribution in [1.29, 1.82) is 0 Å². The molecule has 17 nitrogen and oxygen atoms in total. The minimum absolute atomic E-state index is 0.0262. The van der Waals surface area contributed by atoms with Crippen LogP contribution in [0.1, 0.15) is 200 Å². The molecular formula is C46H89N6O11P. The van der Waals surface area contributed by atoms with Crippen molar-refractivity contribution in [3.05, 3.63) is 12.3 Å². The number of hydroxylamine groups is 6. The molecule has 0 aliphatic heterocycles. The summed E-state index contributed by atoms with van der Waals surface area (Å²) >= 11 is 0. The van der Waals surface area contributed by atoms with Crippen molar-refractivity contribution in [3.8, 4) is 0 Å². The smallest absolute Gasteiger partial charge is 0.325 e. The summed E-state index contributed by atoms with van der Waals surface area (Å²) in [6, 6.07) is 0. The molecule has 0 heterocycles. The molecule has 0 bridgehead atoms. The number of carbonyl (C=O) groups is 5. The summed E-state index contributed by atoms with van der Waals surface area (Å²) in [5.74, 6) is -1.50. The summed E-state index contributed by atoms with van der Waals surface area (Å²) in [5.41, 5.74) is 0.689.